The molecule has 21 heavy (non-hydrogen) atoms. The molecule has 0 aliphatic carbocycles. The Balaban J connectivity index is 1.89. The Morgan fingerprint density at radius 1 is 1.57 bits per heavy atom. The summed E-state index contributed by atoms with van der Waals surface area (Å²) in [5.41, 5.74) is 0.701. The molecule has 0 bridgehead atoms. The van der Waals surface area contributed by atoms with Crippen LogP contribution in [0.15, 0.2) is 48.4 Å². The number of nitrogens with one attached hydrogen (secondary N) is 1. The molecule has 0 fully saturated rings. The molecule has 2 rings (SSSR count). The molecule has 0 aliphatic heterocycles. The summed E-state index contributed by atoms with van der Waals surface area (Å²) in [5, 5.41) is 11.3. The van der Waals surface area contributed by atoms with Crippen molar-refractivity contribution in [3.8, 4) is 5.75 Å². The predicted molar refractivity (Wildman–Crippen MR) is 82.6 cm³/mol. The minimum absolute atomic E-state index is 0.110. The van der Waals surface area contributed by atoms with E-state index in [1.807, 2.05) is 22.8 Å². The quantitative estimate of drug-likeness (QED) is 0.627. The van der Waals surface area contributed by atoms with Gasteiger partial charge in [0.05, 0.1) is 12.9 Å². The maximum Gasteiger partial charge on any atom is 0.234 e. The number of benzene rings is 1. The first-order chi connectivity index (χ1) is 10.2. The molecule has 0 saturated heterocycles. The van der Waals surface area contributed by atoms with Crippen molar-refractivity contribution in [2.45, 2.75) is 11.7 Å². The van der Waals surface area contributed by atoms with E-state index in [2.05, 4.69) is 22.1 Å². The van der Waals surface area contributed by atoms with Gasteiger partial charge in [-0.2, -0.15) is 0 Å². The van der Waals surface area contributed by atoms with Gasteiger partial charge in [-0.25, -0.2) is 0 Å². The molecular weight excluding hydrogens is 288 g/mol. The minimum Gasteiger partial charge on any atom is -0.497 e. The van der Waals surface area contributed by atoms with Crippen LogP contribution in [0, 0.1) is 0 Å². The molecule has 7 heteroatoms. The van der Waals surface area contributed by atoms with Crippen molar-refractivity contribution < 1.29 is 9.53 Å². The van der Waals surface area contributed by atoms with Crippen LogP contribution in [-0.2, 0) is 11.3 Å². The highest BCUT2D eigenvalue weighted by Crippen LogP contribution is 2.18. The van der Waals surface area contributed by atoms with Gasteiger partial charge in [-0.1, -0.05) is 23.9 Å². The fourth-order valence-electron chi connectivity index (χ4n) is 1.65. The van der Waals surface area contributed by atoms with Gasteiger partial charge in [0.2, 0.25) is 5.91 Å². The van der Waals surface area contributed by atoms with E-state index in [9.17, 15) is 4.79 Å². The van der Waals surface area contributed by atoms with Gasteiger partial charge >= 0.3 is 0 Å². The SMILES string of the molecule is C=CCn1cnnc1SCC(=O)Nc1cccc(OC)c1. The molecule has 1 aromatic heterocycles. The van der Waals surface area contributed by atoms with E-state index in [0.29, 0.717) is 23.1 Å². The number of nitrogens with zero attached hydrogens (tertiary/aromatic N) is 3. The van der Waals surface area contributed by atoms with E-state index in [4.69, 9.17) is 4.74 Å². The number of ether oxygens (including phenoxy) is 1. The Morgan fingerprint density at radius 2 is 2.43 bits per heavy atom. The maximum atomic E-state index is 11.9. The lowest BCUT2D eigenvalue weighted by Crippen LogP contribution is -2.14. The molecule has 2 aromatic rings. The van der Waals surface area contributed by atoms with E-state index in [1.165, 1.54) is 11.8 Å². The second-order valence-electron chi connectivity index (χ2n) is 4.12. The standard InChI is InChI=1S/C14H16N4O2S/c1-3-7-18-10-15-17-14(18)21-9-13(19)16-11-5-4-6-12(8-11)20-2/h3-6,8,10H,1,7,9H2,2H3,(H,16,19). The van der Waals surface area contributed by atoms with Gasteiger partial charge in [-0.3, -0.25) is 4.79 Å². The van der Waals surface area contributed by atoms with Crippen molar-refractivity contribution in [3.63, 3.8) is 0 Å². The van der Waals surface area contributed by atoms with Crippen molar-refractivity contribution in [1.29, 1.82) is 0 Å². The molecule has 0 saturated carbocycles. The lowest BCUT2D eigenvalue weighted by molar-refractivity contribution is -0.113. The van der Waals surface area contributed by atoms with Crippen molar-refractivity contribution >= 4 is 23.4 Å². The summed E-state index contributed by atoms with van der Waals surface area (Å²) in [5.74, 6) is 0.847. The second kappa shape index (κ2) is 7.49. The number of anilines is 1. The van der Waals surface area contributed by atoms with Crippen LogP contribution < -0.4 is 10.1 Å². The number of hydrogen-bond acceptors (Lipinski definition) is 5. The Kier molecular flexibility index (Phi) is 5.39. The Morgan fingerprint density at radius 3 is 3.19 bits per heavy atom. The summed E-state index contributed by atoms with van der Waals surface area (Å²) < 4.78 is 6.94. The second-order valence-corrected chi connectivity index (χ2v) is 5.07. The molecule has 0 radical (unpaired) electrons. The number of amides is 1. The van der Waals surface area contributed by atoms with Gasteiger partial charge in [0.15, 0.2) is 5.16 Å². The third-order valence-electron chi connectivity index (χ3n) is 2.59. The van der Waals surface area contributed by atoms with Crippen LogP contribution in [0.1, 0.15) is 0 Å². The van der Waals surface area contributed by atoms with Crippen molar-refractivity contribution in [3.05, 3.63) is 43.2 Å². The van der Waals surface area contributed by atoms with E-state index in [0.717, 1.165) is 0 Å². The van der Waals surface area contributed by atoms with Gasteiger partial charge in [-0.15, -0.1) is 16.8 Å². The first-order valence-corrected chi connectivity index (χ1v) is 7.27. The number of carbonyl (C=O) groups is 1. The van der Waals surface area contributed by atoms with Crippen LogP contribution in [0.2, 0.25) is 0 Å². The molecule has 0 aliphatic rings. The normalized spacial score (nSPS) is 10.1. The van der Waals surface area contributed by atoms with Crippen molar-refractivity contribution in [2.75, 3.05) is 18.2 Å². The lowest BCUT2D eigenvalue weighted by Gasteiger charge is -2.07. The number of aromatic nitrogens is 3. The summed E-state index contributed by atoms with van der Waals surface area (Å²) in [7, 11) is 1.59. The molecule has 110 valence electrons. The first kappa shape index (κ1) is 15.1. The summed E-state index contributed by atoms with van der Waals surface area (Å²) in [6.07, 6.45) is 3.37. The van der Waals surface area contributed by atoms with Gasteiger partial charge in [0.1, 0.15) is 12.1 Å². The summed E-state index contributed by atoms with van der Waals surface area (Å²) in [4.78, 5) is 11.9. The van der Waals surface area contributed by atoms with Crippen LogP contribution >= 0.6 is 11.8 Å². The maximum absolute atomic E-state index is 11.9. The monoisotopic (exact) mass is 304 g/mol. The lowest BCUT2D eigenvalue weighted by atomic mass is 10.3. The molecule has 1 heterocycles. The van der Waals surface area contributed by atoms with Crippen molar-refractivity contribution in [2.24, 2.45) is 0 Å². The zero-order valence-electron chi connectivity index (χ0n) is 11.7. The van der Waals surface area contributed by atoms with E-state index in [1.54, 1.807) is 25.6 Å². The van der Waals surface area contributed by atoms with E-state index >= 15 is 0 Å². The van der Waals surface area contributed by atoms with Crippen molar-refractivity contribution in [1.82, 2.24) is 14.8 Å². The van der Waals surface area contributed by atoms with Crippen LogP contribution in [-0.4, -0.2) is 33.5 Å². The van der Waals surface area contributed by atoms with Crippen LogP contribution in [0.25, 0.3) is 0 Å². The van der Waals surface area contributed by atoms with Gasteiger partial charge in [-0.05, 0) is 12.1 Å². The molecule has 0 unspecified atom stereocenters. The Hall–Kier alpha value is -2.28. The summed E-state index contributed by atoms with van der Waals surface area (Å²) in [6.45, 7) is 4.29. The van der Waals surface area contributed by atoms with Gasteiger partial charge in [0.25, 0.3) is 0 Å². The number of hydrogen-bond donors (Lipinski definition) is 1. The highest BCUT2D eigenvalue weighted by Gasteiger charge is 2.08. The molecule has 0 atom stereocenters. The minimum atomic E-state index is -0.110. The third-order valence-corrected chi connectivity index (χ3v) is 3.57. The largest absolute Gasteiger partial charge is 0.497 e. The number of methoxy groups -OCH3 is 1. The molecule has 0 spiro atoms. The predicted octanol–water partition coefficient (Wildman–Crippen LogP) is 2.20. The number of rotatable bonds is 7. The number of allylic oxidation sites excluding steroid dienone is 1. The Bertz CT molecular complexity index is 627. The average Bonchev–Trinajstić information content (AvgIpc) is 2.93. The zero-order chi connectivity index (χ0) is 15.1. The Labute approximate surface area is 127 Å². The number of carbonyl (C=O) groups excluding carboxylic acids is 1. The highest BCUT2D eigenvalue weighted by atomic mass is 32.2. The summed E-state index contributed by atoms with van der Waals surface area (Å²) in [6, 6.07) is 7.22. The van der Waals surface area contributed by atoms with Crippen LogP contribution in [0.4, 0.5) is 5.69 Å². The van der Waals surface area contributed by atoms with Crippen LogP contribution in [0.5, 0.6) is 5.75 Å². The first-order valence-electron chi connectivity index (χ1n) is 6.28. The molecule has 1 amide bonds. The van der Waals surface area contributed by atoms with E-state index in [-0.39, 0.29) is 11.7 Å². The molecule has 1 N–H and O–H groups in total. The van der Waals surface area contributed by atoms with E-state index < -0.39 is 0 Å². The average molecular weight is 304 g/mol. The fraction of sp³-hybridized carbons (Fsp3) is 0.214. The molecule has 6 nitrogen and oxygen atoms in total. The third kappa shape index (κ3) is 4.35. The topological polar surface area (TPSA) is 69.0 Å². The van der Waals surface area contributed by atoms with Gasteiger partial charge < -0.3 is 14.6 Å². The van der Waals surface area contributed by atoms with Crippen LogP contribution in [0.3, 0.4) is 0 Å². The number of thioether (sulfide) groups is 1. The van der Waals surface area contributed by atoms with Gasteiger partial charge in [0, 0.05) is 18.3 Å². The highest BCUT2D eigenvalue weighted by molar-refractivity contribution is 7.99. The fourth-order valence-corrected chi connectivity index (χ4v) is 2.37. The summed E-state index contributed by atoms with van der Waals surface area (Å²) >= 11 is 1.33. The zero-order valence-corrected chi connectivity index (χ0v) is 12.5. The smallest absolute Gasteiger partial charge is 0.234 e. The molecular formula is C14H16N4O2S. The molecule has 1 aromatic carbocycles.